The molecule has 0 atom stereocenters. The SMILES string of the molecule is Cc1cccc(/C=N\NC(=O)CNC(=O)c2ccc(Cl)cc2)c1O. The van der Waals surface area contributed by atoms with Crippen LogP contribution in [0.15, 0.2) is 47.6 Å². The monoisotopic (exact) mass is 345 g/mol. The summed E-state index contributed by atoms with van der Waals surface area (Å²) in [6.45, 7) is 1.54. The van der Waals surface area contributed by atoms with Crippen LogP contribution < -0.4 is 10.7 Å². The van der Waals surface area contributed by atoms with Crippen LogP contribution >= 0.6 is 11.6 Å². The van der Waals surface area contributed by atoms with Gasteiger partial charge in [-0.25, -0.2) is 5.43 Å². The number of rotatable bonds is 5. The summed E-state index contributed by atoms with van der Waals surface area (Å²) in [6, 6.07) is 11.5. The lowest BCUT2D eigenvalue weighted by atomic mass is 10.1. The molecule has 0 aliphatic heterocycles. The van der Waals surface area contributed by atoms with Crippen molar-refractivity contribution in [2.75, 3.05) is 6.54 Å². The van der Waals surface area contributed by atoms with Crippen molar-refractivity contribution in [3.05, 3.63) is 64.2 Å². The van der Waals surface area contributed by atoms with Crippen LogP contribution in [0.4, 0.5) is 0 Å². The number of phenols is 1. The van der Waals surface area contributed by atoms with Crippen molar-refractivity contribution >= 4 is 29.6 Å². The molecule has 0 aliphatic carbocycles. The van der Waals surface area contributed by atoms with E-state index in [2.05, 4.69) is 15.8 Å². The number of nitrogens with zero attached hydrogens (tertiary/aromatic N) is 1. The van der Waals surface area contributed by atoms with Crippen molar-refractivity contribution in [2.24, 2.45) is 5.10 Å². The number of carbonyl (C=O) groups is 2. The van der Waals surface area contributed by atoms with Crippen molar-refractivity contribution in [3.8, 4) is 5.75 Å². The van der Waals surface area contributed by atoms with E-state index in [1.165, 1.54) is 6.21 Å². The molecule has 0 saturated carbocycles. The molecule has 0 heterocycles. The summed E-state index contributed by atoms with van der Waals surface area (Å²) in [5.74, 6) is -0.769. The van der Waals surface area contributed by atoms with Crippen LogP contribution in [0.1, 0.15) is 21.5 Å². The van der Waals surface area contributed by atoms with Crippen LogP contribution in [0, 0.1) is 6.92 Å². The number of hydrogen-bond acceptors (Lipinski definition) is 4. The summed E-state index contributed by atoms with van der Waals surface area (Å²) in [4.78, 5) is 23.5. The first-order chi connectivity index (χ1) is 11.5. The Labute approximate surface area is 144 Å². The van der Waals surface area contributed by atoms with Gasteiger partial charge in [0, 0.05) is 16.1 Å². The van der Waals surface area contributed by atoms with Gasteiger partial charge in [0.25, 0.3) is 11.8 Å². The van der Waals surface area contributed by atoms with Gasteiger partial charge in [-0.15, -0.1) is 0 Å². The average molecular weight is 346 g/mol. The number of para-hydroxylation sites is 1. The standard InChI is InChI=1S/C17H16ClN3O3/c1-11-3-2-4-13(16(11)23)9-20-21-15(22)10-19-17(24)12-5-7-14(18)8-6-12/h2-9,23H,10H2,1H3,(H,19,24)(H,21,22)/b20-9-. The normalized spacial score (nSPS) is 10.6. The van der Waals surface area contributed by atoms with E-state index in [0.717, 1.165) is 0 Å². The Balaban J connectivity index is 1.83. The Kier molecular flexibility index (Phi) is 5.92. The third kappa shape index (κ3) is 4.82. The molecule has 7 heteroatoms. The van der Waals surface area contributed by atoms with Crippen LogP contribution in [-0.2, 0) is 4.79 Å². The number of nitrogens with one attached hydrogen (secondary N) is 2. The van der Waals surface area contributed by atoms with Gasteiger partial charge in [-0.05, 0) is 42.8 Å². The van der Waals surface area contributed by atoms with Crippen molar-refractivity contribution < 1.29 is 14.7 Å². The van der Waals surface area contributed by atoms with Gasteiger partial charge < -0.3 is 10.4 Å². The minimum absolute atomic E-state index is 0.103. The molecule has 0 bridgehead atoms. The number of aryl methyl sites for hydroxylation is 1. The number of halogens is 1. The smallest absolute Gasteiger partial charge is 0.259 e. The Morgan fingerprint density at radius 2 is 1.92 bits per heavy atom. The lowest BCUT2D eigenvalue weighted by Gasteiger charge is -2.05. The van der Waals surface area contributed by atoms with Gasteiger partial charge in [0.2, 0.25) is 0 Å². The second kappa shape index (κ2) is 8.12. The zero-order valence-electron chi connectivity index (χ0n) is 12.9. The molecule has 124 valence electrons. The Hall–Kier alpha value is -2.86. The fourth-order valence-corrected chi connectivity index (χ4v) is 1.99. The zero-order chi connectivity index (χ0) is 17.5. The number of aromatic hydroxyl groups is 1. The molecule has 0 aromatic heterocycles. The third-order valence-corrected chi connectivity index (χ3v) is 3.43. The van der Waals surface area contributed by atoms with E-state index in [9.17, 15) is 14.7 Å². The topological polar surface area (TPSA) is 90.8 Å². The summed E-state index contributed by atoms with van der Waals surface area (Å²) in [5, 5.41) is 16.6. The van der Waals surface area contributed by atoms with E-state index in [-0.39, 0.29) is 18.2 Å². The highest BCUT2D eigenvalue weighted by molar-refractivity contribution is 6.30. The first kappa shape index (κ1) is 17.5. The number of phenolic OH excluding ortho intramolecular Hbond substituents is 1. The van der Waals surface area contributed by atoms with Crippen LogP contribution in [0.5, 0.6) is 5.75 Å². The van der Waals surface area contributed by atoms with E-state index in [4.69, 9.17) is 11.6 Å². The van der Waals surface area contributed by atoms with E-state index in [1.54, 1.807) is 49.4 Å². The number of hydrogen-bond donors (Lipinski definition) is 3. The van der Waals surface area contributed by atoms with Crippen LogP contribution in [0.3, 0.4) is 0 Å². The quantitative estimate of drug-likeness (QED) is 0.573. The number of amides is 2. The molecule has 2 rings (SSSR count). The Morgan fingerprint density at radius 3 is 2.62 bits per heavy atom. The van der Waals surface area contributed by atoms with Gasteiger partial charge >= 0.3 is 0 Å². The molecule has 2 aromatic carbocycles. The zero-order valence-corrected chi connectivity index (χ0v) is 13.7. The summed E-state index contributed by atoms with van der Waals surface area (Å²) in [7, 11) is 0. The van der Waals surface area contributed by atoms with Crippen molar-refractivity contribution in [2.45, 2.75) is 6.92 Å². The molecule has 0 unspecified atom stereocenters. The lowest BCUT2D eigenvalue weighted by Crippen LogP contribution is -2.34. The number of benzene rings is 2. The molecule has 0 aliphatic rings. The molecule has 0 spiro atoms. The van der Waals surface area contributed by atoms with E-state index in [0.29, 0.717) is 21.7 Å². The maximum atomic E-state index is 11.8. The molecule has 3 N–H and O–H groups in total. The first-order valence-electron chi connectivity index (χ1n) is 7.11. The summed E-state index contributed by atoms with van der Waals surface area (Å²) in [5.41, 5.74) is 3.88. The largest absolute Gasteiger partial charge is 0.507 e. The first-order valence-corrected chi connectivity index (χ1v) is 7.49. The van der Waals surface area contributed by atoms with Gasteiger partial charge in [0.05, 0.1) is 12.8 Å². The molecular formula is C17H16ClN3O3. The van der Waals surface area contributed by atoms with Crippen molar-refractivity contribution in [3.63, 3.8) is 0 Å². The summed E-state index contributed by atoms with van der Waals surface area (Å²) in [6.07, 6.45) is 1.33. The Bertz CT molecular complexity index is 773. The lowest BCUT2D eigenvalue weighted by molar-refractivity contribution is -0.120. The Morgan fingerprint density at radius 1 is 1.21 bits per heavy atom. The molecule has 24 heavy (non-hydrogen) atoms. The van der Waals surface area contributed by atoms with Crippen molar-refractivity contribution in [1.82, 2.24) is 10.7 Å². The molecule has 6 nitrogen and oxygen atoms in total. The molecule has 2 amide bonds. The molecule has 2 aromatic rings. The molecule has 0 saturated heterocycles. The number of hydrazone groups is 1. The predicted octanol–water partition coefficient (Wildman–Crippen LogP) is 2.23. The van der Waals surface area contributed by atoms with E-state index < -0.39 is 5.91 Å². The number of carbonyl (C=O) groups excluding carboxylic acids is 2. The summed E-state index contributed by atoms with van der Waals surface area (Å²) < 4.78 is 0. The van der Waals surface area contributed by atoms with E-state index in [1.807, 2.05) is 0 Å². The van der Waals surface area contributed by atoms with Gasteiger partial charge in [-0.1, -0.05) is 23.7 Å². The average Bonchev–Trinajstić information content (AvgIpc) is 2.57. The second-order valence-corrected chi connectivity index (χ2v) is 5.43. The van der Waals surface area contributed by atoms with Gasteiger partial charge in [0.15, 0.2) is 0 Å². The van der Waals surface area contributed by atoms with E-state index >= 15 is 0 Å². The summed E-state index contributed by atoms with van der Waals surface area (Å²) >= 11 is 5.74. The highest BCUT2D eigenvalue weighted by atomic mass is 35.5. The van der Waals surface area contributed by atoms with Crippen LogP contribution in [0.2, 0.25) is 5.02 Å². The predicted molar refractivity (Wildman–Crippen MR) is 92.4 cm³/mol. The van der Waals surface area contributed by atoms with Gasteiger partial charge in [0.1, 0.15) is 5.75 Å². The maximum absolute atomic E-state index is 11.8. The highest BCUT2D eigenvalue weighted by Crippen LogP contribution is 2.19. The second-order valence-electron chi connectivity index (χ2n) is 5.00. The molecule has 0 fully saturated rings. The van der Waals surface area contributed by atoms with Crippen molar-refractivity contribution in [1.29, 1.82) is 0 Å². The fourth-order valence-electron chi connectivity index (χ4n) is 1.86. The third-order valence-electron chi connectivity index (χ3n) is 3.18. The highest BCUT2D eigenvalue weighted by Gasteiger charge is 2.07. The fraction of sp³-hybridized carbons (Fsp3) is 0.118. The van der Waals surface area contributed by atoms with Crippen LogP contribution in [0.25, 0.3) is 0 Å². The minimum atomic E-state index is -0.485. The van der Waals surface area contributed by atoms with Crippen LogP contribution in [-0.4, -0.2) is 29.7 Å². The van der Waals surface area contributed by atoms with Gasteiger partial charge in [-0.2, -0.15) is 5.10 Å². The minimum Gasteiger partial charge on any atom is -0.507 e. The van der Waals surface area contributed by atoms with Gasteiger partial charge in [-0.3, -0.25) is 9.59 Å². The molecular weight excluding hydrogens is 330 g/mol. The maximum Gasteiger partial charge on any atom is 0.259 e. The molecule has 0 radical (unpaired) electrons.